The van der Waals surface area contributed by atoms with Gasteiger partial charge in [-0.3, -0.25) is 18.8 Å². The molecule has 1 atom stereocenters. The van der Waals surface area contributed by atoms with Gasteiger partial charge in [0.15, 0.2) is 11.5 Å². The first-order valence-corrected chi connectivity index (χ1v) is 14.2. The van der Waals surface area contributed by atoms with Crippen molar-refractivity contribution >= 4 is 44.4 Å². The topological polar surface area (TPSA) is 163 Å². The third-order valence-electron chi connectivity index (χ3n) is 6.49. The summed E-state index contributed by atoms with van der Waals surface area (Å²) < 4.78 is 30.4. The lowest BCUT2D eigenvalue weighted by Crippen LogP contribution is -2.32. The quantitative estimate of drug-likeness (QED) is 0.284. The Morgan fingerprint density at radius 3 is 2.71 bits per heavy atom. The van der Waals surface area contributed by atoms with Crippen molar-refractivity contribution in [1.29, 1.82) is 0 Å². The largest absolute Gasteiger partial charge is 0.381 e. The number of pyridine rings is 1. The van der Waals surface area contributed by atoms with E-state index in [1.54, 1.807) is 67.6 Å². The number of carbonyl (C=O) groups excluding carboxylic acids is 1. The number of hydrogen-bond acceptors (Lipinski definition) is 8. The highest BCUT2D eigenvalue weighted by molar-refractivity contribution is 7.92. The summed E-state index contributed by atoms with van der Waals surface area (Å²) in [5.41, 5.74) is 7.30. The third kappa shape index (κ3) is 5.38. The van der Waals surface area contributed by atoms with Crippen molar-refractivity contribution in [1.82, 2.24) is 38.6 Å². The van der Waals surface area contributed by atoms with Gasteiger partial charge >= 0.3 is 0 Å². The Morgan fingerprint density at radius 2 is 2.00 bits per heavy atom. The number of aryl methyl sites for hydroxylation is 1. The minimum Gasteiger partial charge on any atom is -0.381 e. The maximum atomic E-state index is 14.0. The molecule has 42 heavy (non-hydrogen) atoms. The predicted molar refractivity (Wildman–Crippen MR) is 159 cm³/mol. The number of hydrogen-bond donors (Lipinski definition) is 2. The number of carbonyl (C=O) groups is 1. The van der Waals surface area contributed by atoms with Crippen LogP contribution in [-0.2, 0) is 17.1 Å². The smallest absolute Gasteiger partial charge is 0.264 e. The maximum absolute atomic E-state index is 14.0. The SMILES string of the molecule is CC(NC(=O)c1c(N)nn2cccnc12)c1cc2cccc(C#Cc3cnn(C)c3)c2c(=O)n1/C=C/S(=O)(=O)N(C)C. The Morgan fingerprint density at radius 1 is 1.21 bits per heavy atom. The Hall–Kier alpha value is -5.26. The Balaban J connectivity index is 1.63. The van der Waals surface area contributed by atoms with E-state index in [1.165, 1.54) is 35.6 Å². The number of nitrogens with one attached hydrogen (secondary N) is 1. The van der Waals surface area contributed by atoms with Gasteiger partial charge in [0.1, 0.15) is 5.56 Å². The Bertz CT molecular complexity index is 2110. The van der Waals surface area contributed by atoms with Crippen LogP contribution in [0, 0.1) is 11.8 Å². The van der Waals surface area contributed by atoms with Crippen LogP contribution >= 0.6 is 0 Å². The Kier molecular flexibility index (Phi) is 7.38. The van der Waals surface area contributed by atoms with Crippen molar-refractivity contribution < 1.29 is 13.2 Å². The molecule has 0 bridgehead atoms. The fourth-order valence-corrected chi connectivity index (χ4v) is 4.86. The predicted octanol–water partition coefficient (Wildman–Crippen LogP) is 1.57. The zero-order valence-corrected chi connectivity index (χ0v) is 24.0. The fraction of sp³-hybridized carbons (Fsp3) is 0.179. The van der Waals surface area contributed by atoms with E-state index in [-0.39, 0.29) is 17.0 Å². The number of nitrogens with two attached hydrogens (primary N) is 1. The second-order valence-electron chi connectivity index (χ2n) is 9.62. The third-order valence-corrected chi connectivity index (χ3v) is 7.97. The van der Waals surface area contributed by atoms with Crippen molar-refractivity contribution in [3.05, 3.63) is 93.3 Å². The molecule has 4 heterocycles. The number of amides is 1. The van der Waals surface area contributed by atoms with Crippen LogP contribution in [-0.4, -0.2) is 61.7 Å². The standard InChI is InChI=1S/C28H27N9O4S/c1-18(32-27(38)24-25(29)33-37-12-6-11-30-26(24)37)22-15-21-8-5-7-20(10-9-19-16-31-35(4)17-19)23(21)28(39)36(22)13-14-42(40,41)34(2)3/h5-8,11-18H,1-4H3,(H2,29,33)(H,32,38)/b14-13+. The molecule has 0 aliphatic heterocycles. The Labute approximate surface area is 240 Å². The van der Waals surface area contributed by atoms with Crippen LogP contribution in [0.5, 0.6) is 0 Å². The van der Waals surface area contributed by atoms with Gasteiger partial charge in [-0.25, -0.2) is 22.2 Å². The molecule has 0 fully saturated rings. The van der Waals surface area contributed by atoms with Crippen LogP contribution in [0.1, 0.15) is 40.1 Å². The molecule has 0 radical (unpaired) electrons. The molecule has 0 saturated heterocycles. The average molecular weight is 586 g/mol. The zero-order valence-electron chi connectivity index (χ0n) is 23.2. The average Bonchev–Trinajstić information content (AvgIpc) is 3.52. The highest BCUT2D eigenvalue weighted by Crippen LogP contribution is 2.23. The van der Waals surface area contributed by atoms with Gasteiger partial charge < -0.3 is 11.1 Å². The first kappa shape index (κ1) is 28.3. The van der Waals surface area contributed by atoms with Gasteiger partial charge in [-0.05, 0) is 30.5 Å². The second kappa shape index (κ2) is 11.0. The molecule has 5 rings (SSSR count). The molecule has 3 N–H and O–H groups in total. The molecule has 5 aromatic rings. The minimum atomic E-state index is -3.82. The summed E-state index contributed by atoms with van der Waals surface area (Å²) in [5, 5.41) is 12.9. The van der Waals surface area contributed by atoms with Crippen LogP contribution in [0.2, 0.25) is 0 Å². The van der Waals surface area contributed by atoms with Gasteiger partial charge in [0, 0.05) is 57.2 Å². The molecule has 4 aromatic heterocycles. The first-order valence-electron chi connectivity index (χ1n) is 12.7. The summed E-state index contributed by atoms with van der Waals surface area (Å²) in [6.45, 7) is 1.67. The molecule has 214 valence electrons. The molecule has 1 unspecified atom stereocenters. The minimum absolute atomic E-state index is 0.0110. The molecule has 0 aliphatic carbocycles. The summed E-state index contributed by atoms with van der Waals surface area (Å²) in [4.78, 5) is 31.5. The van der Waals surface area contributed by atoms with Crippen LogP contribution in [0.4, 0.5) is 5.82 Å². The van der Waals surface area contributed by atoms with Gasteiger partial charge in [0.25, 0.3) is 11.5 Å². The summed E-state index contributed by atoms with van der Waals surface area (Å²) in [5.74, 6) is 5.47. The summed E-state index contributed by atoms with van der Waals surface area (Å²) in [6.07, 6.45) is 7.67. The number of fused-ring (bicyclic) bond motifs is 2. The molecule has 0 aliphatic rings. The molecule has 1 amide bonds. The highest BCUT2D eigenvalue weighted by atomic mass is 32.2. The lowest BCUT2D eigenvalue weighted by atomic mass is 10.0. The molecule has 1 aromatic carbocycles. The number of benzene rings is 1. The maximum Gasteiger partial charge on any atom is 0.264 e. The van der Waals surface area contributed by atoms with E-state index in [0.29, 0.717) is 27.6 Å². The van der Waals surface area contributed by atoms with Crippen molar-refractivity contribution in [2.45, 2.75) is 13.0 Å². The molecule has 0 saturated carbocycles. The lowest BCUT2D eigenvalue weighted by Gasteiger charge is -2.19. The van der Waals surface area contributed by atoms with Crippen LogP contribution in [0.3, 0.4) is 0 Å². The number of aromatic nitrogens is 6. The summed E-state index contributed by atoms with van der Waals surface area (Å²) >= 11 is 0. The number of nitrogens with zero attached hydrogens (tertiary/aromatic N) is 7. The van der Waals surface area contributed by atoms with Crippen molar-refractivity contribution in [3.8, 4) is 11.8 Å². The second-order valence-corrected chi connectivity index (χ2v) is 11.7. The lowest BCUT2D eigenvalue weighted by molar-refractivity contribution is 0.0941. The van der Waals surface area contributed by atoms with Gasteiger partial charge in [-0.15, -0.1) is 5.10 Å². The van der Waals surface area contributed by atoms with Crippen molar-refractivity contribution in [2.75, 3.05) is 19.8 Å². The molecular formula is C28H27N9O4S. The molecule has 13 nitrogen and oxygen atoms in total. The van der Waals surface area contributed by atoms with Gasteiger partial charge in [-0.2, -0.15) is 5.10 Å². The van der Waals surface area contributed by atoms with Crippen LogP contribution < -0.4 is 16.6 Å². The van der Waals surface area contributed by atoms with Crippen molar-refractivity contribution in [2.24, 2.45) is 7.05 Å². The molecule has 14 heteroatoms. The summed E-state index contributed by atoms with van der Waals surface area (Å²) in [7, 11) is 0.722. The molecule has 0 spiro atoms. The van der Waals surface area contributed by atoms with Crippen molar-refractivity contribution in [3.63, 3.8) is 0 Å². The fourth-order valence-electron chi connectivity index (χ4n) is 4.34. The zero-order chi connectivity index (χ0) is 30.2. The molecular weight excluding hydrogens is 558 g/mol. The van der Waals surface area contributed by atoms with Crippen LogP contribution in [0.25, 0.3) is 22.6 Å². The van der Waals surface area contributed by atoms with E-state index in [9.17, 15) is 18.0 Å². The van der Waals surface area contributed by atoms with Gasteiger partial charge in [0.05, 0.1) is 28.6 Å². The monoisotopic (exact) mass is 585 g/mol. The first-order chi connectivity index (χ1) is 20.0. The van der Waals surface area contributed by atoms with Crippen LogP contribution in [0.15, 0.2) is 65.3 Å². The highest BCUT2D eigenvalue weighted by Gasteiger charge is 2.23. The van der Waals surface area contributed by atoms with E-state index in [0.717, 1.165) is 9.71 Å². The number of sulfonamides is 1. The van der Waals surface area contributed by atoms with E-state index in [2.05, 4.69) is 32.3 Å². The van der Waals surface area contributed by atoms with E-state index < -0.39 is 27.5 Å². The van der Waals surface area contributed by atoms with E-state index >= 15 is 0 Å². The summed E-state index contributed by atoms with van der Waals surface area (Å²) in [6, 6.07) is 7.82. The van der Waals surface area contributed by atoms with E-state index in [1.807, 2.05) is 0 Å². The van der Waals surface area contributed by atoms with Gasteiger partial charge in [0.2, 0.25) is 10.0 Å². The number of rotatable bonds is 6. The van der Waals surface area contributed by atoms with Gasteiger partial charge in [-0.1, -0.05) is 24.0 Å². The number of nitrogen functional groups attached to an aromatic ring is 1. The number of anilines is 1. The van der Waals surface area contributed by atoms with E-state index in [4.69, 9.17) is 5.73 Å². The normalized spacial score (nSPS) is 12.6.